The van der Waals surface area contributed by atoms with Crippen LogP contribution in [-0.4, -0.2) is 43.5 Å². The van der Waals surface area contributed by atoms with Gasteiger partial charge in [-0.25, -0.2) is 0 Å². The Morgan fingerprint density at radius 2 is 1.54 bits per heavy atom. The molecule has 4 nitrogen and oxygen atoms in total. The number of amides is 1. The van der Waals surface area contributed by atoms with Crippen molar-refractivity contribution >= 4 is 40.7 Å². The largest absolute Gasteiger partial charge is 0.369 e. The van der Waals surface area contributed by atoms with Crippen LogP contribution in [0.2, 0.25) is 5.02 Å². The second kappa shape index (κ2) is 14.4. The van der Waals surface area contributed by atoms with Crippen molar-refractivity contribution in [1.82, 2.24) is 9.62 Å². The number of hydrogen-bond donors (Lipinski definition) is 1. The Bertz CT molecular complexity index is 1310. The van der Waals surface area contributed by atoms with E-state index in [1.807, 2.05) is 50.2 Å². The highest BCUT2D eigenvalue weighted by Crippen LogP contribution is 2.42. The molecule has 0 aromatic heterocycles. The van der Waals surface area contributed by atoms with Gasteiger partial charge in [0.05, 0.1) is 0 Å². The van der Waals surface area contributed by atoms with E-state index >= 15 is 0 Å². The van der Waals surface area contributed by atoms with Crippen LogP contribution in [0, 0.1) is 12.3 Å². The van der Waals surface area contributed by atoms with E-state index in [0.29, 0.717) is 11.0 Å². The molecule has 1 amide bonds. The zero-order valence-corrected chi connectivity index (χ0v) is 26.7. The number of allylic oxidation sites excluding steroid dienone is 1. The molecule has 218 valence electrons. The summed E-state index contributed by atoms with van der Waals surface area (Å²) in [4.78, 5) is 18.7. The van der Waals surface area contributed by atoms with Crippen LogP contribution in [0.1, 0.15) is 68.4 Å². The fraction of sp³-hybridized carbons (Fsp3) is 0.400. The summed E-state index contributed by atoms with van der Waals surface area (Å²) >= 11 is 7.52. The van der Waals surface area contributed by atoms with Gasteiger partial charge in [0.25, 0.3) is 5.91 Å². The molecule has 2 aliphatic rings. The molecule has 0 atom stereocenters. The number of benzene rings is 3. The summed E-state index contributed by atoms with van der Waals surface area (Å²) in [6, 6.07) is 24.5. The van der Waals surface area contributed by atoms with Crippen LogP contribution < -0.4 is 9.62 Å². The zero-order valence-electron chi connectivity index (χ0n) is 25.2. The molecule has 1 saturated heterocycles. The van der Waals surface area contributed by atoms with E-state index < -0.39 is 0 Å². The van der Waals surface area contributed by atoms with E-state index in [1.54, 1.807) is 5.57 Å². The normalized spacial score (nSPS) is 17.1. The zero-order chi connectivity index (χ0) is 29.4. The fourth-order valence-electron chi connectivity index (χ4n) is 5.59. The molecular weight excluding hydrogens is 546 g/mol. The van der Waals surface area contributed by atoms with Crippen molar-refractivity contribution in [2.24, 2.45) is 5.41 Å². The first-order valence-corrected chi connectivity index (χ1v) is 16.0. The molecule has 1 N–H and O–H groups in total. The predicted octanol–water partition coefficient (Wildman–Crippen LogP) is 8.90. The van der Waals surface area contributed by atoms with Gasteiger partial charge in [-0.15, -0.1) is 0 Å². The van der Waals surface area contributed by atoms with Crippen LogP contribution in [0.5, 0.6) is 0 Å². The number of nitrogens with one attached hydrogen (secondary N) is 1. The Balaban J connectivity index is 0.00000189. The van der Waals surface area contributed by atoms with Crippen molar-refractivity contribution in [3.05, 3.63) is 100 Å². The molecule has 1 aliphatic heterocycles. The van der Waals surface area contributed by atoms with Crippen LogP contribution in [0.25, 0.3) is 5.57 Å². The first-order chi connectivity index (χ1) is 19.8. The molecule has 0 unspecified atom stereocenters. The Labute approximate surface area is 256 Å². The fourth-order valence-corrected chi connectivity index (χ4v) is 6.32. The summed E-state index contributed by atoms with van der Waals surface area (Å²) in [6.07, 6.45) is 3.51. The smallest absolute Gasteiger partial charge is 0.261 e. The van der Waals surface area contributed by atoms with Crippen molar-refractivity contribution in [2.45, 2.75) is 58.8 Å². The van der Waals surface area contributed by atoms with Gasteiger partial charge in [0, 0.05) is 53.9 Å². The molecule has 1 heterocycles. The van der Waals surface area contributed by atoms with E-state index in [4.69, 9.17) is 11.6 Å². The molecule has 1 fully saturated rings. The summed E-state index contributed by atoms with van der Waals surface area (Å²) in [5.41, 5.74) is 7.84. The van der Waals surface area contributed by atoms with Crippen LogP contribution in [0.4, 0.5) is 5.69 Å². The number of carbonyl (C=O) groups excluding carboxylic acids is 1. The van der Waals surface area contributed by atoms with E-state index in [2.05, 4.69) is 71.7 Å². The number of carbonyl (C=O) groups is 1. The number of halogens is 1. The van der Waals surface area contributed by atoms with Gasteiger partial charge in [0.2, 0.25) is 0 Å². The number of aryl methyl sites for hydroxylation is 1. The Morgan fingerprint density at radius 3 is 2.17 bits per heavy atom. The minimum absolute atomic E-state index is 0.0721. The van der Waals surface area contributed by atoms with Gasteiger partial charge < -0.3 is 4.90 Å². The topological polar surface area (TPSA) is 35.6 Å². The van der Waals surface area contributed by atoms with E-state index in [0.717, 1.165) is 55.5 Å². The Hall–Kier alpha value is -2.73. The average molecular weight is 590 g/mol. The number of nitrogens with zero attached hydrogens (tertiary/aromatic N) is 2. The van der Waals surface area contributed by atoms with Crippen molar-refractivity contribution in [3.63, 3.8) is 0 Å². The molecule has 5 rings (SSSR count). The van der Waals surface area contributed by atoms with E-state index in [1.165, 1.54) is 40.8 Å². The molecule has 0 radical (unpaired) electrons. The van der Waals surface area contributed by atoms with Gasteiger partial charge in [0.1, 0.15) is 0 Å². The summed E-state index contributed by atoms with van der Waals surface area (Å²) in [7, 11) is 0. The van der Waals surface area contributed by atoms with Crippen LogP contribution >= 0.6 is 23.5 Å². The first kappa shape index (κ1) is 31.2. The standard InChI is InChI=1S/C33H38ClN3OS.C2H6/c1-24-4-14-30(15-5-24)39-35-32(38)26-8-12-29(13-9-26)37-20-18-36(19-21-37)23-27-22-33(2,3)17-16-31(27)25-6-10-28(34)11-7-25;1-2/h4-15H,16-23H2,1-3H3,(H,35,38);1-2H3. The van der Waals surface area contributed by atoms with Crippen LogP contribution in [0.15, 0.2) is 83.3 Å². The first-order valence-electron chi connectivity index (χ1n) is 14.8. The minimum atomic E-state index is -0.0721. The average Bonchev–Trinajstić information content (AvgIpc) is 2.99. The van der Waals surface area contributed by atoms with Gasteiger partial charge in [-0.3, -0.25) is 14.4 Å². The lowest BCUT2D eigenvalue weighted by Crippen LogP contribution is -2.47. The lowest BCUT2D eigenvalue weighted by Gasteiger charge is -2.39. The van der Waals surface area contributed by atoms with Crippen molar-refractivity contribution < 1.29 is 4.79 Å². The number of piperazine rings is 1. The van der Waals surface area contributed by atoms with Gasteiger partial charge in [0.15, 0.2) is 0 Å². The van der Waals surface area contributed by atoms with Gasteiger partial charge in [-0.05, 0) is 103 Å². The number of hydrogen-bond acceptors (Lipinski definition) is 4. The van der Waals surface area contributed by atoms with E-state index in [-0.39, 0.29) is 5.91 Å². The molecular formula is C35H44ClN3OS. The second-order valence-electron chi connectivity index (χ2n) is 11.6. The molecule has 0 bridgehead atoms. The second-order valence-corrected chi connectivity index (χ2v) is 12.9. The quantitative estimate of drug-likeness (QED) is 0.279. The minimum Gasteiger partial charge on any atom is -0.369 e. The maximum Gasteiger partial charge on any atom is 0.261 e. The molecule has 0 saturated carbocycles. The summed E-state index contributed by atoms with van der Waals surface area (Å²) in [5.74, 6) is -0.0721. The maximum atomic E-state index is 12.6. The van der Waals surface area contributed by atoms with Gasteiger partial charge in [-0.2, -0.15) is 0 Å². The maximum absolute atomic E-state index is 12.6. The molecule has 41 heavy (non-hydrogen) atoms. The number of rotatable bonds is 7. The van der Waals surface area contributed by atoms with Crippen molar-refractivity contribution in [2.75, 3.05) is 37.6 Å². The van der Waals surface area contributed by atoms with Crippen LogP contribution in [0.3, 0.4) is 0 Å². The lowest BCUT2D eigenvalue weighted by atomic mass is 9.73. The lowest BCUT2D eigenvalue weighted by molar-refractivity contribution is 0.0984. The molecule has 3 aromatic carbocycles. The molecule has 0 spiro atoms. The monoisotopic (exact) mass is 589 g/mol. The molecule has 3 aromatic rings. The van der Waals surface area contributed by atoms with E-state index in [9.17, 15) is 4.79 Å². The summed E-state index contributed by atoms with van der Waals surface area (Å²) < 4.78 is 2.95. The van der Waals surface area contributed by atoms with Gasteiger partial charge in [-0.1, -0.05) is 74.7 Å². The third-order valence-corrected chi connectivity index (χ3v) is 8.97. The third-order valence-electron chi connectivity index (χ3n) is 7.93. The summed E-state index contributed by atoms with van der Waals surface area (Å²) in [6.45, 7) is 15.9. The third kappa shape index (κ3) is 8.64. The predicted molar refractivity (Wildman–Crippen MR) is 177 cm³/mol. The molecule has 1 aliphatic carbocycles. The Kier molecular flexibility index (Phi) is 11.0. The van der Waals surface area contributed by atoms with Crippen molar-refractivity contribution in [3.8, 4) is 0 Å². The van der Waals surface area contributed by atoms with Gasteiger partial charge >= 0.3 is 0 Å². The highest BCUT2D eigenvalue weighted by atomic mass is 35.5. The Morgan fingerprint density at radius 1 is 0.902 bits per heavy atom. The van der Waals surface area contributed by atoms with Crippen LogP contribution in [-0.2, 0) is 0 Å². The highest BCUT2D eigenvalue weighted by molar-refractivity contribution is 7.98. The SMILES string of the molecule is CC.Cc1ccc(SNC(=O)c2ccc(N3CCN(CC4=C(c5ccc(Cl)cc5)CCC(C)(C)C4)CC3)cc2)cc1. The number of anilines is 1. The van der Waals surface area contributed by atoms with Crippen molar-refractivity contribution in [1.29, 1.82) is 0 Å². The summed E-state index contributed by atoms with van der Waals surface area (Å²) in [5, 5.41) is 0.794. The molecule has 6 heteroatoms. The highest BCUT2D eigenvalue weighted by Gasteiger charge is 2.29.